The van der Waals surface area contributed by atoms with Gasteiger partial charge in [0.15, 0.2) is 14.2 Å². The molecule has 19 heavy (non-hydrogen) atoms. The van der Waals surface area contributed by atoms with E-state index >= 15 is 0 Å². The molecule has 0 fully saturated rings. The van der Waals surface area contributed by atoms with Crippen molar-refractivity contribution in [1.82, 2.24) is 25.2 Å². The van der Waals surface area contributed by atoms with E-state index in [1.165, 1.54) is 22.8 Å². The molecule has 104 valence electrons. The van der Waals surface area contributed by atoms with Gasteiger partial charge in [-0.1, -0.05) is 11.3 Å². The summed E-state index contributed by atoms with van der Waals surface area (Å²) in [5.41, 5.74) is -0.243. The molecule has 7 nitrogen and oxygen atoms in total. The number of sulfone groups is 1. The molecule has 2 aromatic heterocycles. The van der Waals surface area contributed by atoms with Crippen LogP contribution in [0.25, 0.3) is 0 Å². The van der Waals surface area contributed by atoms with Crippen molar-refractivity contribution in [3.63, 3.8) is 0 Å². The summed E-state index contributed by atoms with van der Waals surface area (Å²) in [5, 5.41) is 12.5. The molecule has 0 aliphatic carbocycles. The SMILES string of the molecule is CC(C)(C)n1nnc(Sc2ncc(S(C)(=O)=O)s2)n1. The average Bonchev–Trinajstić information content (AvgIpc) is 2.84. The summed E-state index contributed by atoms with van der Waals surface area (Å²) in [6, 6.07) is 0. The van der Waals surface area contributed by atoms with E-state index in [0.717, 1.165) is 17.6 Å². The minimum Gasteiger partial charge on any atom is -0.236 e. The van der Waals surface area contributed by atoms with Crippen LogP contribution in [0.3, 0.4) is 0 Å². The van der Waals surface area contributed by atoms with Crippen LogP contribution < -0.4 is 0 Å². The van der Waals surface area contributed by atoms with E-state index in [4.69, 9.17) is 0 Å². The van der Waals surface area contributed by atoms with E-state index in [2.05, 4.69) is 20.4 Å². The second-order valence-electron chi connectivity index (χ2n) is 4.85. The molecule has 2 rings (SSSR count). The molecular formula is C9H13N5O2S3. The minimum atomic E-state index is -3.21. The van der Waals surface area contributed by atoms with Crippen molar-refractivity contribution in [2.45, 2.75) is 40.0 Å². The normalized spacial score (nSPS) is 12.8. The Morgan fingerprint density at radius 2 is 2.05 bits per heavy atom. The maximum atomic E-state index is 11.3. The molecule has 0 amide bonds. The van der Waals surface area contributed by atoms with Crippen molar-refractivity contribution < 1.29 is 8.42 Å². The van der Waals surface area contributed by atoms with E-state index < -0.39 is 9.84 Å². The Morgan fingerprint density at radius 3 is 2.53 bits per heavy atom. The summed E-state index contributed by atoms with van der Waals surface area (Å²) >= 11 is 2.30. The highest BCUT2D eigenvalue weighted by atomic mass is 32.2. The van der Waals surface area contributed by atoms with E-state index in [9.17, 15) is 8.42 Å². The van der Waals surface area contributed by atoms with Crippen LogP contribution in [0.5, 0.6) is 0 Å². The standard InChI is InChI=1S/C9H13N5O2S3/c1-9(2,3)14-12-7(11-13-14)18-8-10-5-6(17-8)19(4,15)16/h5H,1-4H3. The zero-order valence-corrected chi connectivity index (χ0v) is 13.3. The molecule has 0 bridgehead atoms. The molecule has 0 radical (unpaired) electrons. The molecule has 0 atom stereocenters. The Bertz CT molecular complexity index is 683. The average molecular weight is 319 g/mol. The number of hydrogen-bond donors (Lipinski definition) is 0. The predicted octanol–water partition coefficient (Wildman–Crippen LogP) is 1.44. The smallest absolute Gasteiger partial charge is 0.236 e. The molecule has 0 aromatic carbocycles. The third-order valence-corrected chi connectivity index (χ3v) is 5.71. The lowest BCUT2D eigenvalue weighted by Crippen LogP contribution is -2.24. The largest absolute Gasteiger partial charge is 0.238 e. The lowest BCUT2D eigenvalue weighted by atomic mass is 10.1. The third kappa shape index (κ3) is 3.51. The topological polar surface area (TPSA) is 90.6 Å². The van der Waals surface area contributed by atoms with Crippen molar-refractivity contribution in [2.75, 3.05) is 6.26 Å². The Hall–Kier alpha value is -1.00. The van der Waals surface area contributed by atoms with E-state index in [0.29, 0.717) is 9.50 Å². The summed E-state index contributed by atoms with van der Waals surface area (Å²) in [5.74, 6) is 0. The molecule has 0 saturated heterocycles. The molecular weight excluding hydrogens is 306 g/mol. The second-order valence-corrected chi connectivity index (χ2v) is 9.34. The van der Waals surface area contributed by atoms with Gasteiger partial charge in [-0.05, 0) is 37.7 Å². The van der Waals surface area contributed by atoms with Gasteiger partial charge in [-0.2, -0.15) is 4.80 Å². The van der Waals surface area contributed by atoms with E-state index in [1.807, 2.05) is 20.8 Å². The summed E-state index contributed by atoms with van der Waals surface area (Å²) < 4.78 is 23.5. The molecule has 0 unspecified atom stereocenters. The van der Waals surface area contributed by atoms with E-state index in [1.54, 1.807) is 0 Å². The molecule has 0 saturated carbocycles. The van der Waals surface area contributed by atoms with Gasteiger partial charge in [0.05, 0.1) is 11.7 Å². The highest BCUT2D eigenvalue weighted by molar-refractivity contribution is 8.01. The van der Waals surface area contributed by atoms with Gasteiger partial charge in [-0.15, -0.1) is 10.2 Å². The van der Waals surface area contributed by atoms with Crippen molar-refractivity contribution in [3.8, 4) is 0 Å². The first kappa shape index (κ1) is 14.4. The fourth-order valence-corrected chi connectivity index (χ4v) is 3.81. The maximum absolute atomic E-state index is 11.3. The van der Waals surface area contributed by atoms with Crippen LogP contribution in [0, 0.1) is 0 Å². The molecule has 0 aliphatic heterocycles. The molecule has 0 spiro atoms. The zero-order valence-electron chi connectivity index (χ0n) is 10.9. The highest BCUT2D eigenvalue weighted by Crippen LogP contribution is 2.30. The number of tetrazole rings is 1. The fraction of sp³-hybridized carbons (Fsp3) is 0.556. The van der Waals surface area contributed by atoms with Gasteiger partial charge < -0.3 is 0 Å². The number of rotatable bonds is 3. The fourth-order valence-electron chi connectivity index (χ4n) is 1.07. The molecule has 10 heteroatoms. The summed E-state index contributed by atoms with van der Waals surface area (Å²) in [6.45, 7) is 5.90. The maximum Gasteiger partial charge on any atom is 0.238 e. The van der Waals surface area contributed by atoms with Gasteiger partial charge in [0, 0.05) is 6.26 Å². The van der Waals surface area contributed by atoms with Gasteiger partial charge >= 0.3 is 0 Å². The van der Waals surface area contributed by atoms with Crippen LogP contribution in [0.4, 0.5) is 0 Å². The van der Waals surface area contributed by atoms with Gasteiger partial charge in [0.1, 0.15) is 4.21 Å². The van der Waals surface area contributed by atoms with Crippen LogP contribution in [0.1, 0.15) is 20.8 Å². The first-order valence-electron chi connectivity index (χ1n) is 5.30. The number of aromatic nitrogens is 5. The molecule has 0 N–H and O–H groups in total. The van der Waals surface area contributed by atoms with Gasteiger partial charge in [0.25, 0.3) is 0 Å². The number of nitrogens with zero attached hydrogens (tertiary/aromatic N) is 5. The number of hydrogen-bond acceptors (Lipinski definition) is 8. The van der Waals surface area contributed by atoms with Gasteiger partial charge in [-0.25, -0.2) is 13.4 Å². The summed E-state index contributed by atoms with van der Waals surface area (Å²) in [4.78, 5) is 5.55. The van der Waals surface area contributed by atoms with Crippen molar-refractivity contribution >= 4 is 32.9 Å². The first-order chi connectivity index (χ1) is 8.66. The second kappa shape index (κ2) is 4.84. The third-order valence-electron chi connectivity index (χ3n) is 2.00. The molecule has 2 aromatic rings. The predicted molar refractivity (Wildman–Crippen MR) is 72.2 cm³/mol. The van der Waals surface area contributed by atoms with Crippen LogP contribution in [-0.2, 0) is 15.4 Å². The van der Waals surface area contributed by atoms with Crippen LogP contribution in [0.15, 0.2) is 19.9 Å². The summed E-state index contributed by atoms with van der Waals surface area (Å²) in [7, 11) is -3.21. The quantitative estimate of drug-likeness (QED) is 0.845. The zero-order chi connectivity index (χ0) is 14.3. The van der Waals surface area contributed by atoms with Crippen LogP contribution in [-0.4, -0.2) is 39.9 Å². The lowest BCUT2D eigenvalue weighted by molar-refractivity contribution is 0.304. The van der Waals surface area contributed by atoms with Crippen LogP contribution in [0.2, 0.25) is 0 Å². The summed E-state index contributed by atoms with van der Waals surface area (Å²) in [6.07, 6.45) is 2.50. The van der Waals surface area contributed by atoms with Gasteiger partial charge in [0.2, 0.25) is 5.16 Å². The Balaban J connectivity index is 2.18. The molecule has 0 aliphatic rings. The lowest BCUT2D eigenvalue weighted by Gasteiger charge is -2.15. The van der Waals surface area contributed by atoms with Crippen molar-refractivity contribution in [1.29, 1.82) is 0 Å². The Morgan fingerprint density at radius 1 is 1.37 bits per heavy atom. The Labute approximate surface area is 119 Å². The minimum absolute atomic E-state index is 0.234. The van der Waals surface area contributed by atoms with E-state index in [-0.39, 0.29) is 9.75 Å². The van der Waals surface area contributed by atoms with Crippen molar-refractivity contribution in [3.05, 3.63) is 6.20 Å². The van der Waals surface area contributed by atoms with Gasteiger partial charge in [-0.3, -0.25) is 0 Å². The first-order valence-corrected chi connectivity index (χ1v) is 8.83. The highest BCUT2D eigenvalue weighted by Gasteiger charge is 2.19. The Kier molecular flexibility index (Phi) is 3.67. The van der Waals surface area contributed by atoms with Crippen molar-refractivity contribution in [2.24, 2.45) is 0 Å². The number of thiazole rings is 1. The monoisotopic (exact) mass is 319 g/mol. The van der Waals surface area contributed by atoms with Crippen LogP contribution >= 0.6 is 23.1 Å². The molecule has 2 heterocycles.